The summed E-state index contributed by atoms with van der Waals surface area (Å²) in [7, 11) is 0. The molecule has 0 amide bonds. The molecule has 1 heteroatoms. The van der Waals surface area contributed by atoms with Gasteiger partial charge in [-0.1, -0.05) is 61.5 Å². The average Bonchev–Trinajstić information content (AvgIpc) is 2.51. The molecule has 1 aliphatic rings. The SMILES string of the molecule is CC1CCC(N)(CCc2ccccc2)c2ccccc21. The second kappa shape index (κ2) is 5.41. The van der Waals surface area contributed by atoms with Crippen molar-refractivity contribution >= 4 is 0 Å². The Kier molecular flexibility index (Phi) is 3.62. The average molecular weight is 265 g/mol. The fraction of sp³-hybridized carbons (Fsp3) is 0.368. The lowest BCUT2D eigenvalue weighted by atomic mass is 9.70. The van der Waals surface area contributed by atoms with E-state index in [4.69, 9.17) is 5.73 Å². The van der Waals surface area contributed by atoms with Crippen LogP contribution in [-0.4, -0.2) is 0 Å². The van der Waals surface area contributed by atoms with Crippen molar-refractivity contribution < 1.29 is 0 Å². The molecule has 0 heterocycles. The zero-order valence-electron chi connectivity index (χ0n) is 12.2. The molecule has 2 aromatic rings. The number of rotatable bonds is 3. The van der Waals surface area contributed by atoms with Gasteiger partial charge in [-0.25, -0.2) is 0 Å². The molecule has 1 nitrogen and oxygen atoms in total. The van der Waals surface area contributed by atoms with Crippen LogP contribution in [0.5, 0.6) is 0 Å². The van der Waals surface area contributed by atoms with Crippen LogP contribution in [0.1, 0.15) is 48.8 Å². The van der Waals surface area contributed by atoms with Crippen LogP contribution in [0.25, 0.3) is 0 Å². The first-order chi connectivity index (χ1) is 9.69. The normalized spacial score (nSPS) is 25.2. The smallest absolute Gasteiger partial charge is 0.0415 e. The van der Waals surface area contributed by atoms with Crippen LogP contribution in [0.2, 0.25) is 0 Å². The Morgan fingerprint density at radius 1 is 1.05 bits per heavy atom. The third-order valence-corrected chi connectivity index (χ3v) is 4.75. The molecular weight excluding hydrogens is 242 g/mol. The molecule has 0 aliphatic heterocycles. The van der Waals surface area contributed by atoms with E-state index in [1.807, 2.05) is 0 Å². The van der Waals surface area contributed by atoms with Crippen molar-refractivity contribution in [3.63, 3.8) is 0 Å². The third-order valence-electron chi connectivity index (χ3n) is 4.75. The molecule has 3 rings (SSSR count). The van der Waals surface area contributed by atoms with Crippen LogP contribution in [0.3, 0.4) is 0 Å². The molecule has 0 saturated heterocycles. The van der Waals surface area contributed by atoms with E-state index in [9.17, 15) is 0 Å². The Bertz CT molecular complexity index is 575. The van der Waals surface area contributed by atoms with Crippen molar-refractivity contribution in [2.45, 2.75) is 44.1 Å². The zero-order chi connectivity index (χ0) is 14.0. The predicted octanol–water partition coefficient (Wildman–Crippen LogP) is 4.37. The second-order valence-electron chi connectivity index (χ2n) is 6.17. The highest BCUT2D eigenvalue weighted by Crippen LogP contribution is 2.41. The van der Waals surface area contributed by atoms with Gasteiger partial charge in [-0.3, -0.25) is 0 Å². The molecule has 2 atom stereocenters. The van der Waals surface area contributed by atoms with Gasteiger partial charge in [-0.05, 0) is 48.3 Å². The Labute approximate surface area is 121 Å². The molecule has 0 aromatic heterocycles. The molecule has 1 aliphatic carbocycles. The summed E-state index contributed by atoms with van der Waals surface area (Å²) in [5.41, 5.74) is 10.8. The standard InChI is InChI=1S/C19H23N/c1-15-11-13-19(20,18-10-6-5-9-17(15)18)14-12-16-7-3-2-4-8-16/h2-10,15H,11-14,20H2,1H3. The van der Waals surface area contributed by atoms with Gasteiger partial charge >= 0.3 is 0 Å². The Hall–Kier alpha value is -1.60. The van der Waals surface area contributed by atoms with E-state index in [1.165, 1.54) is 23.1 Å². The third kappa shape index (κ3) is 2.51. The van der Waals surface area contributed by atoms with E-state index in [1.54, 1.807) is 0 Å². The van der Waals surface area contributed by atoms with Gasteiger partial charge in [0.05, 0.1) is 0 Å². The molecule has 20 heavy (non-hydrogen) atoms. The van der Waals surface area contributed by atoms with Crippen molar-refractivity contribution in [2.75, 3.05) is 0 Å². The van der Waals surface area contributed by atoms with E-state index >= 15 is 0 Å². The fourth-order valence-corrected chi connectivity index (χ4v) is 3.42. The summed E-state index contributed by atoms with van der Waals surface area (Å²) >= 11 is 0. The van der Waals surface area contributed by atoms with Crippen LogP contribution < -0.4 is 5.73 Å². The van der Waals surface area contributed by atoms with Crippen LogP contribution in [0.15, 0.2) is 54.6 Å². The maximum absolute atomic E-state index is 6.78. The Morgan fingerprint density at radius 2 is 1.75 bits per heavy atom. The van der Waals surface area contributed by atoms with Crippen molar-refractivity contribution in [1.29, 1.82) is 0 Å². The lowest BCUT2D eigenvalue weighted by molar-refractivity contribution is 0.328. The van der Waals surface area contributed by atoms with E-state index in [0.717, 1.165) is 19.3 Å². The monoisotopic (exact) mass is 265 g/mol. The first-order valence-electron chi connectivity index (χ1n) is 7.61. The van der Waals surface area contributed by atoms with E-state index < -0.39 is 0 Å². The summed E-state index contributed by atoms with van der Waals surface area (Å²) in [6, 6.07) is 19.4. The Balaban J connectivity index is 1.84. The molecular formula is C19H23N. The highest BCUT2D eigenvalue weighted by atomic mass is 14.7. The van der Waals surface area contributed by atoms with Crippen molar-refractivity contribution in [3.05, 3.63) is 71.3 Å². The van der Waals surface area contributed by atoms with Gasteiger partial charge in [0.1, 0.15) is 0 Å². The van der Waals surface area contributed by atoms with Gasteiger partial charge < -0.3 is 5.73 Å². The van der Waals surface area contributed by atoms with Gasteiger partial charge in [-0.15, -0.1) is 0 Å². The van der Waals surface area contributed by atoms with Gasteiger partial charge in [0.15, 0.2) is 0 Å². The first-order valence-corrected chi connectivity index (χ1v) is 7.61. The molecule has 2 aromatic carbocycles. The molecule has 2 N–H and O–H groups in total. The quantitative estimate of drug-likeness (QED) is 0.876. The van der Waals surface area contributed by atoms with Crippen LogP contribution in [0.4, 0.5) is 0 Å². The number of aryl methyl sites for hydroxylation is 1. The molecule has 0 radical (unpaired) electrons. The van der Waals surface area contributed by atoms with Crippen molar-refractivity contribution in [2.24, 2.45) is 5.73 Å². The highest BCUT2D eigenvalue weighted by molar-refractivity contribution is 5.38. The van der Waals surface area contributed by atoms with Gasteiger partial charge in [0.25, 0.3) is 0 Å². The highest BCUT2D eigenvalue weighted by Gasteiger charge is 2.34. The Morgan fingerprint density at radius 3 is 2.55 bits per heavy atom. The second-order valence-corrected chi connectivity index (χ2v) is 6.17. The van der Waals surface area contributed by atoms with Crippen LogP contribution >= 0.6 is 0 Å². The zero-order valence-corrected chi connectivity index (χ0v) is 12.2. The van der Waals surface area contributed by atoms with Gasteiger partial charge in [-0.2, -0.15) is 0 Å². The molecule has 0 spiro atoms. The predicted molar refractivity (Wildman–Crippen MR) is 84.7 cm³/mol. The van der Waals surface area contributed by atoms with Gasteiger partial charge in [0, 0.05) is 5.54 Å². The summed E-state index contributed by atoms with van der Waals surface area (Å²) in [6.45, 7) is 2.32. The number of hydrogen-bond acceptors (Lipinski definition) is 1. The maximum atomic E-state index is 6.78. The molecule has 104 valence electrons. The van der Waals surface area contributed by atoms with Crippen LogP contribution in [0, 0.1) is 0 Å². The number of fused-ring (bicyclic) bond motifs is 1. The maximum Gasteiger partial charge on any atom is 0.0415 e. The van der Waals surface area contributed by atoms with Crippen molar-refractivity contribution in [3.8, 4) is 0 Å². The van der Waals surface area contributed by atoms with Crippen molar-refractivity contribution in [1.82, 2.24) is 0 Å². The lowest BCUT2D eigenvalue weighted by Gasteiger charge is -2.38. The lowest BCUT2D eigenvalue weighted by Crippen LogP contribution is -2.41. The van der Waals surface area contributed by atoms with Gasteiger partial charge in [0.2, 0.25) is 0 Å². The van der Waals surface area contributed by atoms with Crippen LogP contribution in [-0.2, 0) is 12.0 Å². The van der Waals surface area contributed by atoms with E-state index in [-0.39, 0.29) is 5.54 Å². The summed E-state index contributed by atoms with van der Waals surface area (Å²) in [6.07, 6.45) is 4.38. The topological polar surface area (TPSA) is 26.0 Å². The largest absolute Gasteiger partial charge is 0.321 e. The minimum Gasteiger partial charge on any atom is -0.321 e. The minimum absolute atomic E-state index is 0.154. The summed E-state index contributed by atoms with van der Waals surface area (Å²) in [4.78, 5) is 0. The fourth-order valence-electron chi connectivity index (χ4n) is 3.42. The number of nitrogens with two attached hydrogens (primary N) is 1. The summed E-state index contributed by atoms with van der Waals surface area (Å²) < 4.78 is 0. The number of hydrogen-bond donors (Lipinski definition) is 1. The molecule has 0 fully saturated rings. The molecule has 2 unspecified atom stereocenters. The minimum atomic E-state index is -0.154. The van der Waals surface area contributed by atoms with E-state index in [2.05, 4.69) is 61.5 Å². The molecule has 0 saturated carbocycles. The van der Waals surface area contributed by atoms with E-state index in [0.29, 0.717) is 5.92 Å². The summed E-state index contributed by atoms with van der Waals surface area (Å²) in [5.74, 6) is 0.639. The first kappa shape index (κ1) is 13.4. The molecule has 0 bridgehead atoms. The summed E-state index contributed by atoms with van der Waals surface area (Å²) in [5, 5.41) is 0. The number of benzene rings is 2.